The number of hydrogen-bond donors (Lipinski definition) is 2. The van der Waals surface area contributed by atoms with Crippen molar-refractivity contribution in [3.05, 3.63) is 63.7 Å². The minimum atomic E-state index is -4.49. The molecule has 0 spiro atoms. The number of non-ortho nitro benzene ring substituents is 1. The topological polar surface area (TPSA) is 161 Å². The normalized spacial score (nSPS) is 10.9. The molecule has 0 unspecified atom stereocenters. The molecule has 0 aromatic heterocycles. The average molecular weight is 367 g/mol. The third kappa shape index (κ3) is 3.90. The van der Waals surface area contributed by atoms with E-state index in [0.29, 0.717) is 0 Å². The van der Waals surface area contributed by atoms with Crippen LogP contribution in [0.1, 0.15) is 20.7 Å². The molecular formula is C14H9NO9S. The largest absolute Gasteiger partial charge is 0.478 e. The van der Waals surface area contributed by atoms with Gasteiger partial charge in [0.2, 0.25) is 0 Å². The third-order valence-electron chi connectivity index (χ3n) is 2.97. The van der Waals surface area contributed by atoms with Gasteiger partial charge >= 0.3 is 22.1 Å². The number of carboxylic acid groups (broad SMARTS) is 2. The molecule has 0 aliphatic heterocycles. The van der Waals surface area contributed by atoms with Crippen LogP contribution in [0.15, 0.2) is 47.4 Å². The first kappa shape index (κ1) is 17.9. The van der Waals surface area contributed by atoms with E-state index < -0.39 is 54.4 Å². The van der Waals surface area contributed by atoms with Crippen molar-refractivity contribution in [3.8, 4) is 5.75 Å². The zero-order chi connectivity index (χ0) is 18.8. The fourth-order valence-electron chi connectivity index (χ4n) is 1.87. The summed E-state index contributed by atoms with van der Waals surface area (Å²) in [5.41, 5.74) is -1.69. The highest BCUT2D eigenvalue weighted by atomic mass is 32.2. The van der Waals surface area contributed by atoms with Crippen molar-refractivity contribution in [2.45, 2.75) is 4.90 Å². The highest BCUT2D eigenvalue weighted by Gasteiger charge is 2.22. The molecule has 0 aliphatic rings. The lowest BCUT2D eigenvalue weighted by atomic mass is 10.1. The molecule has 2 aromatic carbocycles. The number of rotatable bonds is 6. The van der Waals surface area contributed by atoms with Crippen molar-refractivity contribution in [2.24, 2.45) is 0 Å². The SMILES string of the molecule is O=C(O)c1ccc(OS(=O)(=O)c2cccc([N+](=O)[O-])c2)cc1C(=O)O. The maximum Gasteiger partial charge on any atom is 0.339 e. The molecule has 0 amide bonds. The highest BCUT2D eigenvalue weighted by Crippen LogP contribution is 2.24. The summed E-state index contributed by atoms with van der Waals surface area (Å²) in [4.78, 5) is 31.5. The van der Waals surface area contributed by atoms with Crippen LogP contribution in [-0.2, 0) is 10.1 Å². The minimum Gasteiger partial charge on any atom is -0.478 e. The number of nitro benzene ring substituents is 1. The number of nitro groups is 1. The number of nitrogens with zero attached hydrogens (tertiary/aromatic N) is 1. The van der Waals surface area contributed by atoms with Gasteiger partial charge in [-0.15, -0.1) is 0 Å². The standard InChI is InChI=1S/C14H9NO9S/c16-13(17)11-5-4-9(7-12(11)14(18)19)24-25(22,23)10-3-1-2-8(6-10)15(20)21/h1-7H,(H,16,17)(H,18,19). The van der Waals surface area contributed by atoms with Crippen molar-refractivity contribution >= 4 is 27.7 Å². The van der Waals surface area contributed by atoms with E-state index in [2.05, 4.69) is 0 Å². The van der Waals surface area contributed by atoms with E-state index in [0.717, 1.165) is 42.5 Å². The van der Waals surface area contributed by atoms with E-state index in [9.17, 15) is 28.1 Å². The zero-order valence-electron chi connectivity index (χ0n) is 12.1. The minimum absolute atomic E-state index is 0.450. The second-order valence-electron chi connectivity index (χ2n) is 4.61. The van der Waals surface area contributed by atoms with E-state index in [1.165, 1.54) is 0 Å². The lowest BCUT2D eigenvalue weighted by Crippen LogP contribution is -2.12. The molecule has 10 nitrogen and oxygen atoms in total. The number of carbonyl (C=O) groups is 2. The molecule has 2 N–H and O–H groups in total. The Hall–Kier alpha value is -3.47. The molecule has 0 bridgehead atoms. The first-order chi connectivity index (χ1) is 11.6. The van der Waals surface area contributed by atoms with Crippen molar-refractivity contribution in [2.75, 3.05) is 0 Å². The fraction of sp³-hybridized carbons (Fsp3) is 0. The molecule has 0 radical (unpaired) electrons. The number of aromatic carboxylic acids is 2. The smallest absolute Gasteiger partial charge is 0.339 e. The number of hydrogen-bond acceptors (Lipinski definition) is 7. The van der Waals surface area contributed by atoms with E-state index in [4.69, 9.17) is 14.4 Å². The van der Waals surface area contributed by atoms with E-state index in [1.54, 1.807) is 0 Å². The Bertz CT molecular complexity index is 982. The Balaban J connectivity index is 2.43. The van der Waals surface area contributed by atoms with Crippen molar-refractivity contribution in [1.29, 1.82) is 0 Å². The van der Waals surface area contributed by atoms with Crippen LogP contribution < -0.4 is 4.18 Å². The second-order valence-corrected chi connectivity index (χ2v) is 6.16. The Labute approximate surface area is 140 Å². The molecule has 11 heteroatoms. The quantitative estimate of drug-likeness (QED) is 0.440. The molecule has 0 atom stereocenters. The van der Waals surface area contributed by atoms with Crippen LogP contribution in [0, 0.1) is 10.1 Å². The molecule has 0 fully saturated rings. The molecule has 2 rings (SSSR count). The van der Waals surface area contributed by atoms with Crippen molar-refractivity contribution in [1.82, 2.24) is 0 Å². The Kier molecular flexibility index (Phi) is 4.70. The van der Waals surface area contributed by atoms with Gasteiger partial charge in [-0.1, -0.05) is 6.07 Å². The second kappa shape index (κ2) is 6.57. The van der Waals surface area contributed by atoms with Crippen LogP contribution in [-0.4, -0.2) is 35.5 Å². The maximum atomic E-state index is 12.2. The zero-order valence-corrected chi connectivity index (χ0v) is 13.0. The molecule has 2 aromatic rings. The van der Waals surface area contributed by atoms with Gasteiger partial charge in [0, 0.05) is 12.1 Å². The maximum absolute atomic E-state index is 12.2. The van der Waals surface area contributed by atoms with Gasteiger partial charge in [-0.2, -0.15) is 8.42 Å². The number of benzene rings is 2. The Morgan fingerprint density at radius 3 is 2.20 bits per heavy atom. The van der Waals surface area contributed by atoms with Gasteiger partial charge in [-0.25, -0.2) is 9.59 Å². The summed E-state index contributed by atoms with van der Waals surface area (Å²) in [6, 6.07) is 6.65. The third-order valence-corrected chi connectivity index (χ3v) is 4.22. The van der Waals surface area contributed by atoms with Gasteiger partial charge in [0.1, 0.15) is 10.6 Å². The van der Waals surface area contributed by atoms with Crippen LogP contribution in [0.25, 0.3) is 0 Å². The average Bonchev–Trinajstić information content (AvgIpc) is 2.54. The lowest BCUT2D eigenvalue weighted by molar-refractivity contribution is -0.385. The van der Waals surface area contributed by atoms with Gasteiger partial charge < -0.3 is 14.4 Å². The number of carboxylic acids is 2. The van der Waals surface area contributed by atoms with Gasteiger partial charge in [0.05, 0.1) is 16.1 Å². The predicted molar refractivity (Wildman–Crippen MR) is 81.3 cm³/mol. The van der Waals surface area contributed by atoms with E-state index in [1.807, 2.05) is 0 Å². The summed E-state index contributed by atoms with van der Waals surface area (Å²) in [6.07, 6.45) is 0. The molecular weight excluding hydrogens is 358 g/mol. The van der Waals surface area contributed by atoms with Crippen LogP contribution in [0.4, 0.5) is 5.69 Å². The first-order valence-corrected chi connectivity index (χ1v) is 7.82. The van der Waals surface area contributed by atoms with Crippen molar-refractivity contribution in [3.63, 3.8) is 0 Å². The Morgan fingerprint density at radius 1 is 1.00 bits per heavy atom. The van der Waals surface area contributed by atoms with Gasteiger partial charge in [-0.3, -0.25) is 10.1 Å². The summed E-state index contributed by atoms with van der Waals surface area (Å²) in [5.74, 6) is -3.55. The summed E-state index contributed by atoms with van der Waals surface area (Å²) < 4.78 is 29.1. The molecule has 0 saturated heterocycles. The van der Waals surface area contributed by atoms with Gasteiger partial charge in [-0.05, 0) is 24.3 Å². The Morgan fingerprint density at radius 2 is 1.64 bits per heavy atom. The van der Waals surface area contributed by atoms with E-state index in [-0.39, 0.29) is 0 Å². The van der Waals surface area contributed by atoms with Crippen LogP contribution in [0.5, 0.6) is 5.75 Å². The van der Waals surface area contributed by atoms with Gasteiger partial charge in [0.15, 0.2) is 0 Å². The molecule has 0 heterocycles. The molecule has 130 valence electrons. The van der Waals surface area contributed by atoms with Crippen LogP contribution in [0.2, 0.25) is 0 Å². The predicted octanol–water partition coefficient (Wildman–Crippen LogP) is 1.76. The lowest BCUT2D eigenvalue weighted by Gasteiger charge is -2.09. The summed E-state index contributed by atoms with van der Waals surface area (Å²) >= 11 is 0. The van der Waals surface area contributed by atoms with Crippen LogP contribution >= 0.6 is 0 Å². The van der Waals surface area contributed by atoms with Gasteiger partial charge in [0.25, 0.3) is 5.69 Å². The molecule has 0 aliphatic carbocycles. The van der Waals surface area contributed by atoms with E-state index >= 15 is 0 Å². The molecule has 25 heavy (non-hydrogen) atoms. The van der Waals surface area contributed by atoms with Crippen LogP contribution in [0.3, 0.4) is 0 Å². The summed E-state index contributed by atoms with van der Waals surface area (Å²) in [5, 5.41) is 28.6. The monoisotopic (exact) mass is 367 g/mol. The van der Waals surface area contributed by atoms with Crippen molar-refractivity contribution < 1.29 is 37.3 Å². The highest BCUT2D eigenvalue weighted by molar-refractivity contribution is 7.87. The molecule has 0 saturated carbocycles. The summed E-state index contributed by atoms with van der Waals surface area (Å²) in [7, 11) is -4.49. The fourth-order valence-corrected chi connectivity index (χ4v) is 2.83. The first-order valence-electron chi connectivity index (χ1n) is 6.41. The summed E-state index contributed by atoms with van der Waals surface area (Å²) in [6.45, 7) is 0.